The lowest BCUT2D eigenvalue weighted by Gasteiger charge is -2.30. The van der Waals surface area contributed by atoms with Crippen LogP contribution in [0.2, 0.25) is 0 Å². The average Bonchev–Trinajstić information content (AvgIpc) is 3.10. The maximum absolute atomic E-state index is 15.3. The van der Waals surface area contributed by atoms with Crippen molar-refractivity contribution < 1.29 is 33.0 Å². The minimum absolute atomic E-state index is 0.0865. The molecule has 3 aromatic rings. The highest BCUT2D eigenvalue weighted by Crippen LogP contribution is 2.30. The van der Waals surface area contributed by atoms with Crippen molar-refractivity contribution in [3.63, 3.8) is 0 Å². The molecule has 3 atom stereocenters. The Kier molecular flexibility index (Phi) is 14.8. The molecule has 0 aliphatic rings. The van der Waals surface area contributed by atoms with E-state index < -0.39 is 35.9 Å². The normalized spacial score (nSPS) is 12.9. The molecule has 0 heterocycles. The second-order valence-electron chi connectivity index (χ2n) is 11.3. The summed E-state index contributed by atoms with van der Waals surface area (Å²) in [7, 11) is 9.35. The van der Waals surface area contributed by atoms with Gasteiger partial charge in [-0.25, -0.2) is 9.18 Å². The molecule has 0 aromatic heterocycles. The zero-order valence-corrected chi connectivity index (χ0v) is 28.1. The lowest BCUT2D eigenvalue weighted by Crippen LogP contribution is -2.51. The molecular formula is C36H47FN4O6. The minimum Gasteiger partial charge on any atom is -0.489 e. The third-order valence-corrected chi connectivity index (χ3v) is 8.20. The fraction of sp³-hybridized carbons (Fsp3) is 0.417. The molecule has 254 valence electrons. The van der Waals surface area contributed by atoms with Gasteiger partial charge in [0.05, 0.1) is 20.3 Å². The Morgan fingerprint density at radius 3 is 2.06 bits per heavy atom. The van der Waals surface area contributed by atoms with Gasteiger partial charge in [0.15, 0.2) is 0 Å². The first-order chi connectivity index (χ1) is 22.7. The van der Waals surface area contributed by atoms with E-state index in [9.17, 15) is 14.4 Å². The lowest BCUT2D eigenvalue weighted by atomic mass is 9.95. The lowest BCUT2D eigenvalue weighted by molar-refractivity contribution is -0.152. The standard InChI is InChI=1S/C36H47FN4O6/c1-38-18-10-13-30(39-2)34(42)41(4)32(36(44)46-6)22-27-19-25(14-16-29(27)37)26-15-17-33(47-23-24-11-8-7-9-12-24)28(20-26)21-31(40-3)35(43)45-5/h7-9,11-12,14-17,19-20,30-32,38-40H,10,13,18,21-23H2,1-6H3/t30-,31-,32-/m0/s1. The number of halogens is 1. The van der Waals surface area contributed by atoms with E-state index in [1.165, 1.54) is 32.2 Å². The largest absolute Gasteiger partial charge is 0.489 e. The number of amides is 1. The van der Waals surface area contributed by atoms with Crippen LogP contribution in [0.5, 0.6) is 5.75 Å². The van der Waals surface area contributed by atoms with Gasteiger partial charge in [0.2, 0.25) is 5.91 Å². The van der Waals surface area contributed by atoms with Gasteiger partial charge in [0.1, 0.15) is 30.3 Å². The summed E-state index contributed by atoms with van der Waals surface area (Å²) in [4.78, 5) is 40.1. The van der Waals surface area contributed by atoms with Crippen LogP contribution in [0.15, 0.2) is 66.7 Å². The second kappa shape index (κ2) is 18.7. The highest BCUT2D eigenvalue weighted by molar-refractivity contribution is 5.87. The van der Waals surface area contributed by atoms with Gasteiger partial charge in [-0.2, -0.15) is 0 Å². The third-order valence-electron chi connectivity index (χ3n) is 8.20. The number of hydrogen-bond donors (Lipinski definition) is 3. The Labute approximate surface area is 277 Å². The van der Waals surface area contributed by atoms with Crippen LogP contribution in [0.4, 0.5) is 4.39 Å². The number of hydrogen-bond acceptors (Lipinski definition) is 9. The van der Waals surface area contributed by atoms with Crippen molar-refractivity contribution in [1.82, 2.24) is 20.9 Å². The molecule has 10 nitrogen and oxygen atoms in total. The number of esters is 2. The Hall–Kier alpha value is -4.32. The quantitative estimate of drug-likeness (QED) is 0.141. The van der Waals surface area contributed by atoms with Gasteiger partial charge in [0.25, 0.3) is 0 Å². The number of rotatable bonds is 18. The van der Waals surface area contributed by atoms with Crippen molar-refractivity contribution >= 4 is 17.8 Å². The molecule has 3 rings (SSSR count). The second-order valence-corrected chi connectivity index (χ2v) is 11.3. The molecule has 0 unspecified atom stereocenters. The molecule has 0 radical (unpaired) electrons. The minimum atomic E-state index is -1.04. The van der Waals surface area contributed by atoms with E-state index in [2.05, 4.69) is 16.0 Å². The van der Waals surface area contributed by atoms with Gasteiger partial charge in [-0.05, 0) is 92.6 Å². The fourth-order valence-electron chi connectivity index (χ4n) is 5.37. The monoisotopic (exact) mass is 650 g/mol. The van der Waals surface area contributed by atoms with Crippen LogP contribution in [-0.4, -0.2) is 89.8 Å². The van der Waals surface area contributed by atoms with E-state index in [4.69, 9.17) is 14.2 Å². The van der Waals surface area contributed by atoms with Gasteiger partial charge < -0.3 is 35.1 Å². The summed E-state index contributed by atoms with van der Waals surface area (Å²) in [5, 5.41) is 9.09. The first-order valence-corrected chi connectivity index (χ1v) is 15.7. The molecule has 0 aliphatic heterocycles. The molecule has 11 heteroatoms. The van der Waals surface area contributed by atoms with Crippen LogP contribution in [-0.2, 0) is 43.3 Å². The van der Waals surface area contributed by atoms with Crippen LogP contribution in [0.1, 0.15) is 29.5 Å². The van der Waals surface area contributed by atoms with Crippen molar-refractivity contribution in [1.29, 1.82) is 0 Å². The maximum atomic E-state index is 15.3. The maximum Gasteiger partial charge on any atom is 0.328 e. The molecule has 0 saturated heterocycles. The Balaban J connectivity index is 1.94. The summed E-state index contributed by atoms with van der Waals surface area (Å²) in [5.41, 5.74) is 3.44. The van der Waals surface area contributed by atoms with E-state index in [1.54, 1.807) is 26.2 Å². The zero-order chi connectivity index (χ0) is 34.3. The van der Waals surface area contributed by atoms with E-state index in [0.717, 1.165) is 29.7 Å². The van der Waals surface area contributed by atoms with Gasteiger partial charge in [-0.15, -0.1) is 0 Å². The summed E-state index contributed by atoms with van der Waals surface area (Å²) < 4.78 is 31.5. The van der Waals surface area contributed by atoms with Crippen LogP contribution in [0.25, 0.3) is 11.1 Å². The number of benzene rings is 3. The molecule has 47 heavy (non-hydrogen) atoms. The fourth-order valence-corrected chi connectivity index (χ4v) is 5.37. The smallest absolute Gasteiger partial charge is 0.328 e. The first kappa shape index (κ1) is 37.1. The van der Waals surface area contributed by atoms with Crippen LogP contribution in [0, 0.1) is 5.82 Å². The Bertz CT molecular complexity index is 1470. The highest BCUT2D eigenvalue weighted by atomic mass is 19.1. The molecule has 0 fully saturated rings. The molecule has 0 bridgehead atoms. The molecule has 0 saturated carbocycles. The number of nitrogens with zero attached hydrogens (tertiary/aromatic N) is 1. The predicted octanol–water partition coefficient (Wildman–Crippen LogP) is 3.51. The van der Waals surface area contributed by atoms with Crippen LogP contribution < -0.4 is 20.7 Å². The Morgan fingerprint density at radius 2 is 1.45 bits per heavy atom. The van der Waals surface area contributed by atoms with Crippen LogP contribution >= 0.6 is 0 Å². The summed E-state index contributed by atoms with van der Waals surface area (Å²) in [5.74, 6) is -1.24. The summed E-state index contributed by atoms with van der Waals surface area (Å²) in [6.45, 7) is 1.08. The van der Waals surface area contributed by atoms with Crippen molar-refractivity contribution in [3.8, 4) is 16.9 Å². The number of nitrogens with one attached hydrogen (secondary N) is 3. The van der Waals surface area contributed by atoms with Gasteiger partial charge in [0, 0.05) is 19.9 Å². The van der Waals surface area contributed by atoms with E-state index in [-0.39, 0.29) is 24.3 Å². The van der Waals surface area contributed by atoms with Crippen LogP contribution in [0.3, 0.4) is 0 Å². The topological polar surface area (TPSA) is 118 Å². The molecular weight excluding hydrogens is 603 g/mol. The van der Waals surface area contributed by atoms with E-state index in [1.807, 2.05) is 55.6 Å². The first-order valence-electron chi connectivity index (χ1n) is 15.7. The van der Waals surface area contributed by atoms with Crippen molar-refractivity contribution in [2.24, 2.45) is 0 Å². The molecule has 3 N–H and O–H groups in total. The van der Waals surface area contributed by atoms with Crippen molar-refractivity contribution in [2.45, 2.75) is 50.4 Å². The molecule has 0 aliphatic carbocycles. The van der Waals surface area contributed by atoms with Gasteiger partial charge in [-0.3, -0.25) is 9.59 Å². The van der Waals surface area contributed by atoms with E-state index in [0.29, 0.717) is 24.3 Å². The van der Waals surface area contributed by atoms with Crippen molar-refractivity contribution in [3.05, 3.63) is 89.2 Å². The summed E-state index contributed by atoms with van der Waals surface area (Å²) in [6.07, 6.45) is 1.52. The SMILES string of the molecule is CNCCC[C@H](NC)C(=O)N(C)[C@@H](Cc1cc(-c2ccc(OCc3ccccc3)c(C[C@H](NC)C(=O)OC)c2)ccc1F)C(=O)OC. The molecule has 1 amide bonds. The summed E-state index contributed by atoms with van der Waals surface area (Å²) >= 11 is 0. The number of carbonyl (C=O) groups excluding carboxylic acids is 3. The molecule has 0 spiro atoms. The number of carbonyl (C=O) groups is 3. The van der Waals surface area contributed by atoms with Gasteiger partial charge in [-0.1, -0.05) is 42.5 Å². The van der Waals surface area contributed by atoms with Crippen molar-refractivity contribution in [2.75, 3.05) is 49.0 Å². The predicted molar refractivity (Wildman–Crippen MR) is 179 cm³/mol. The zero-order valence-electron chi connectivity index (χ0n) is 28.1. The highest BCUT2D eigenvalue weighted by Gasteiger charge is 2.32. The number of ether oxygens (including phenoxy) is 3. The Morgan fingerprint density at radius 1 is 0.809 bits per heavy atom. The third kappa shape index (κ3) is 10.3. The van der Waals surface area contributed by atoms with Gasteiger partial charge >= 0.3 is 11.9 Å². The van der Waals surface area contributed by atoms with E-state index >= 15 is 4.39 Å². The number of likely N-dealkylation sites (N-methyl/N-ethyl adjacent to an activating group) is 3. The molecule has 3 aromatic carbocycles. The summed E-state index contributed by atoms with van der Waals surface area (Å²) in [6, 6.07) is 17.8. The number of methoxy groups -OCH3 is 2. The average molecular weight is 651 g/mol.